The van der Waals surface area contributed by atoms with E-state index in [0.717, 1.165) is 5.06 Å². The Morgan fingerprint density at radius 1 is 1.16 bits per heavy atom. The van der Waals surface area contributed by atoms with Gasteiger partial charge in [0.25, 0.3) is 0 Å². The van der Waals surface area contributed by atoms with Crippen LogP contribution in [0.5, 0.6) is 5.75 Å². The molecule has 0 spiro atoms. The fourth-order valence-electron chi connectivity index (χ4n) is 2.52. The second kappa shape index (κ2) is 9.43. The third kappa shape index (κ3) is 5.48. The highest BCUT2D eigenvalue weighted by molar-refractivity contribution is 5.66. The van der Waals surface area contributed by atoms with Crippen molar-refractivity contribution in [3.8, 4) is 17.1 Å². The van der Waals surface area contributed by atoms with E-state index in [0.29, 0.717) is 22.4 Å². The number of methoxy groups -OCH3 is 1. The van der Waals surface area contributed by atoms with Crippen LogP contribution >= 0.6 is 0 Å². The van der Waals surface area contributed by atoms with Crippen molar-refractivity contribution in [1.82, 2.24) is 20.2 Å². The van der Waals surface area contributed by atoms with Crippen LogP contribution in [0.1, 0.15) is 17.0 Å². The van der Waals surface area contributed by atoms with Gasteiger partial charge in [0.2, 0.25) is 5.82 Å². The predicted octanol–water partition coefficient (Wildman–Crippen LogP) is 3.86. The molecule has 0 N–H and O–H groups in total. The fourth-order valence-corrected chi connectivity index (χ4v) is 2.52. The van der Waals surface area contributed by atoms with Gasteiger partial charge in [0.1, 0.15) is 12.4 Å². The number of aromatic nitrogens is 3. The number of hydrogen-bond donors (Lipinski definition) is 0. The number of benzene rings is 1. The standard InChI is InChI=1S/C19H17F3N4O5/c1-28-15-7-8-23-9-14(15)11-30-18(27)26(29-2)10-12-3-5-13(6-4-12)16-24-17(31-25-16)19(20,21)22/h3-9H,10-11H2,1-2H3. The Balaban J connectivity index is 1.62. The van der Waals surface area contributed by atoms with E-state index >= 15 is 0 Å². The maximum absolute atomic E-state index is 12.6. The van der Waals surface area contributed by atoms with Crippen LogP contribution in [0.2, 0.25) is 0 Å². The minimum Gasteiger partial charge on any atom is -0.496 e. The lowest BCUT2D eigenvalue weighted by molar-refractivity contribution is -0.159. The van der Waals surface area contributed by atoms with Crippen molar-refractivity contribution in [3.05, 3.63) is 59.7 Å². The molecule has 0 aliphatic rings. The van der Waals surface area contributed by atoms with E-state index in [1.807, 2.05) is 0 Å². The number of nitrogens with zero attached hydrogens (tertiary/aromatic N) is 4. The minimum atomic E-state index is -4.72. The molecule has 0 saturated carbocycles. The van der Waals surface area contributed by atoms with Crippen molar-refractivity contribution < 1.29 is 36.8 Å². The van der Waals surface area contributed by atoms with Crippen LogP contribution in [0.4, 0.5) is 18.0 Å². The number of carbonyl (C=O) groups excluding carboxylic acids is 1. The van der Waals surface area contributed by atoms with Crippen molar-refractivity contribution in [2.45, 2.75) is 19.3 Å². The largest absolute Gasteiger partial charge is 0.496 e. The van der Waals surface area contributed by atoms with Gasteiger partial charge in [0.15, 0.2) is 0 Å². The number of carbonyl (C=O) groups is 1. The Hall–Kier alpha value is -3.67. The number of rotatable bonds is 7. The smallest absolute Gasteiger partial charge is 0.471 e. The zero-order valence-corrected chi connectivity index (χ0v) is 16.4. The first-order valence-corrected chi connectivity index (χ1v) is 8.77. The predicted molar refractivity (Wildman–Crippen MR) is 98.3 cm³/mol. The number of pyridine rings is 1. The van der Waals surface area contributed by atoms with Gasteiger partial charge < -0.3 is 14.0 Å². The van der Waals surface area contributed by atoms with Gasteiger partial charge >= 0.3 is 18.2 Å². The molecule has 1 amide bonds. The summed E-state index contributed by atoms with van der Waals surface area (Å²) in [6.45, 7) is -0.0478. The summed E-state index contributed by atoms with van der Waals surface area (Å²) in [7, 11) is 2.79. The number of hydroxylamine groups is 2. The van der Waals surface area contributed by atoms with E-state index in [9.17, 15) is 18.0 Å². The highest BCUT2D eigenvalue weighted by Crippen LogP contribution is 2.29. The van der Waals surface area contributed by atoms with Crippen molar-refractivity contribution in [2.24, 2.45) is 0 Å². The molecule has 0 atom stereocenters. The zero-order valence-electron chi connectivity index (χ0n) is 16.4. The summed E-state index contributed by atoms with van der Waals surface area (Å²) in [5.74, 6) is -1.10. The van der Waals surface area contributed by atoms with E-state index in [2.05, 4.69) is 19.6 Å². The van der Waals surface area contributed by atoms with Gasteiger partial charge in [0, 0.05) is 23.5 Å². The molecule has 2 heterocycles. The third-order valence-corrected chi connectivity index (χ3v) is 4.06. The lowest BCUT2D eigenvalue weighted by Gasteiger charge is -2.19. The molecule has 0 saturated heterocycles. The fraction of sp³-hybridized carbons (Fsp3) is 0.263. The van der Waals surface area contributed by atoms with Gasteiger partial charge in [0.05, 0.1) is 20.8 Å². The average Bonchev–Trinajstić information content (AvgIpc) is 3.27. The minimum absolute atomic E-state index is 0.0276. The average molecular weight is 438 g/mol. The van der Waals surface area contributed by atoms with Crippen molar-refractivity contribution >= 4 is 6.09 Å². The molecule has 0 aliphatic carbocycles. The molecule has 12 heteroatoms. The lowest BCUT2D eigenvalue weighted by atomic mass is 10.1. The zero-order chi connectivity index (χ0) is 22.4. The summed E-state index contributed by atoms with van der Waals surface area (Å²) in [5, 5.41) is 4.30. The summed E-state index contributed by atoms with van der Waals surface area (Å²) in [6.07, 6.45) is -2.40. The molecule has 3 rings (SSSR count). The van der Waals surface area contributed by atoms with Crippen molar-refractivity contribution in [2.75, 3.05) is 14.2 Å². The van der Waals surface area contributed by atoms with Gasteiger partial charge in [-0.05, 0) is 11.6 Å². The van der Waals surface area contributed by atoms with Gasteiger partial charge in [-0.1, -0.05) is 29.4 Å². The first kappa shape index (κ1) is 22.0. The Kier molecular flexibility index (Phi) is 6.70. The Morgan fingerprint density at radius 3 is 2.52 bits per heavy atom. The maximum Gasteiger partial charge on any atom is 0.471 e. The summed E-state index contributed by atoms with van der Waals surface area (Å²) < 4.78 is 52.4. The Bertz CT molecular complexity index is 1020. The molecule has 2 aromatic heterocycles. The molecular formula is C19H17F3N4O5. The quantitative estimate of drug-likeness (QED) is 0.513. The van der Waals surface area contributed by atoms with Crippen LogP contribution in [-0.2, 0) is 28.9 Å². The van der Waals surface area contributed by atoms with E-state index in [4.69, 9.17) is 14.3 Å². The van der Waals surface area contributed by atoms with Crippen LogP contribution in [0.25, 0.3) is 11.4 Å². The highest BCUT2D eigenvalue weighted by Gasteiger charge is 2.38. The second-order valence-corrected chi connectivity index (χ2v) is 6.08. The number of halogens is 3. The summed E-state index contributed by atoms with van der Waals surface area (Å²) >= 11 is 0. The van der Waals surface area contributed by atoms with Crippen LogP contribution in [0.3, 0.4) is 0 Å². The monoisotopic (exact) mass is 438 g/mol. The molecule has 9 nitrogen and oxygen atoms in total. The van der Waals surface area contributed by atoms with Crippen LogP contribution in [0.15, 0.2) is 47.2 Å². The SMILES string of the molecule is COc1ccncc1COC(=O)N(Cc1ccc(-c2noc(C(F)(F)F)n2)cc1)OC. The normalized spacial score (nSPS) is 11.3. The summed E-state index contributed by atoms with van der Waals surface area (Å²) in [4.78, 5) is 24.7. The molecule has 3 aromatic rings. The second-order valence-electron chi connectivity index (χ2n) is 6.08. The van der Waals surface area contributed by atoms with Gasteiger partial charge in [-0.3, -0.25) is 9.82 Å². The maximum atomic E-state index is 12.6. The topological polar surface area (TPSA) is 99.8 Å². The third-order valence-electron chi connectivity index (χ3n) is 4.06. The molecule has 1 aromatic carbocycles. The van der Waals surface area contributed by atoms with Crippen molar-refractivity contribution in [3.63, 3.8) is 0 Å². The molecule has 0 radical (unpaired) electrons. The molecule has 164 valence electrons. The first-order valence-electron chi connectivity index (χ1n) is 8.77. The highest BCUT2D eigenvalue weighted by atomic mass is 19.4. The molecule has 0 fully saturated rings. The van der Waals surface area contributed by atoms with Gasteiger partial charge in [-0.15, -0.1) is 0 Å². The van der Waals surface area contributed by atoms with Crippen molar-refractivity contribution in [1.29, 1.82) is 0 Å². The van der Waals surface area contributed by atoms with Crippen LogP contribution < -0.4 is 4.74 Å². The van der Waals surface area contributed by atoms with E-state index in [-0.39, 0.29) is 19.0 Å². The number of alkyl halides is 3. The molecule has 0 bridgehead atoms. The Morgan fingerprint density at radius 2 is 1.90 bits per heavy atom. The van der Waals surface area contributed by atoms with E-state index in [1.54, 1.807) is 24.4 Å². The molecule has 31 heavy (non-hydrogen) atoms. The van der Waals surface area contributed by atoms with E-state index < -0.39 is 18.2 Å². The number of amides is 1. The Labute approximate surface area is 174 Å². The van der Waals surface area contributed by atoms with Gasteiger partial charge in [-0.2, -0.15) is 23.2 Å². The van der Waals surface area contributed by atoms with Crippen LogP contribution in [0, 0.1) is 0 Å². The number of hydrogen-bond acceptors (Lipinski definition) is 8. The summed E-state index contributed by atoms with van der Waals surface area (Å²) in [5.41, 5.74) is 1.52. The number of ether oxygens (including phenoxy) is 2. The molecule has 0 aliphatic heterocycles. The molecule has 0 unspecified atom stereocenters. The van der Waals surface area contributed by atoms with Gasteiger partial charge in [-0.25, -0.2) is 4.79 Å². The summed E-state index contributed by atoms with van der Waals surface area (Å²) in [6, 6.07) is 7.81. The molecular weight excluding hydrogens is 421 g/mol. The lowest BCUT2D eigenvalue weighted by Crippen LogP contribution is -2.30. The van der Waals surface area contributed by atoms with Crippen LogP contribution in [-0.4, -0.2) is 40.5 Å². The first-order chi connectivity index (χ1) is 14.8. The van der Waals surface area contributed by atoms with E-state index in [1.165, 1.54) is 32.5 Å².